The third-order valence-corrected chi connectivity index (χ3v) is 5.84. The summed E-state index contributed by atoms with van der Waals surface area (Å²) in [4.78, 5) is 20.5. The van der Waals surface area contributed by atoms with Crippen molar-refractivity contribution in [3.8, 4) is 0 Å². The van der Waals surface area contributed by atoms with E-state index in [1.54, 1.807) is 7.11 Å². The number of anilines is 1. The van der Waals surface area contributed by atoms with E-state index in [4.69, 9.17) is 14.5 Å². The van der Waals surface area contributed by atoms with Crippen LogP contribution in [0, 0.1) is 0 Å². The lowest BCUT2D eigenvalue weighted by Crippen LogP contribution is -2.59. The van der Waals surface area contributed by atoms with Crippen molar-refractivity contribution in [2.24, 2.45) is 0 Å². The molecule has 0 saturated carbocycles. The first-order valence-corrected chi connectivity index (χ1v) is 10.5. The molecule has 2 N–H and O–H groups in total. The number of carbonyl (C=O) groups is 1. The Morgan fingerprint density at radius 3 is 2.77 bits per heavy atom. The minimum atomic E-state index is -0.735. The monoisotopic (exact) mass is 410 g/mol. The van der Waals surface area contributed by atoms with E-state index in [0.717, 1.165) is 30.2 Å². The molecule has 7 nitrogen and oxygen atoms in total. The zero-order chi connectivity index (χ0) is 21.0. The zero-order valence-corrected chi connectivity index (χ0v) is 17.7. The number of ether oxygens (including phenoxy) is 2. The van der Waals surface area contributed by atoms with Gasteiger partial charge in [-0.25, -0.2) is 4.98 Å². The van der Waals surface area contributed by atoms with Gasteiger partial charge in [0, 0.05) is 33.3 Å². The van der Waals surface area contributed by atoms with Gasteiger partial charge in [0.15, 0.2) is 0 Å². The lowest BCUT2D eigenvalue weighted by molar-refractivity contribution is -0.132. The quantitative estimate of drug-likeness (QED) is 0.693. The average Bonchev–Trinajstić information content (AvgIpc) is 2.74. The van der Waals surface area contributed by atoms with Crippen LogP contribution in [0.1, 0.15) is 23.7 Å². The van der Waals surface area contributed by atoms with Crippen LogP contribution in [0.25, 0.3) is 0 Å². The van der Waals surface area contributed by atoms with Crippen molar-refractivity contribution in [2.75, 3.05) is 45.3 Å². The predicted octanol–water partition coefficient (Wildman–Crippen LogP) is 1.93. The summed E-state index contributed by atoms with van der Waals surface area (Å²) in [6.45, 7) is 6.62. The molecule has 0 spiro atoms. The van der Waals surface area contributed by atoms with Crippen LogP contribution in [0.4, 0.5) is 5.82 Å². The summed E-state index contributed by atoms with van der Waals surface area (Å²) in [5.74, 6) is 0.792. The fraction of sp³-hybridized carbons (Fsp3) is 0.478. The minimum Gasteiger partial charge on any atom is -0.383 e. The molecule has 1 fully saturated rings. The molecule has 160 valence electrons. The van der Waals surface area contributed by atoms with Crippen molar-refractivity contribution >= 4 is 11.7 Å². The van der Waals surface area contributed by atoms with Crippen LogP contribution in [0.15, 0.2) is 42.5 Å². The van der Waals surface area contributed by atoms with Gasteiger partial charge in [-0.05, 0) is 24.1 Å². The number of rotatable bonds is 8. The molecule has 1 unspecified atom stereocenters. The van der Waals surface area contributed by atoms with Gasteiger partial charge in [-0.1, -0.05) is 36.4 Å². The third-order valence-electron chi connectivity index (χ3n) is 5.84. The van der Waals surface area contributed by atoms with Gasteiger partial charge in [0.25, 0.3) is 0 Å². The molecule has 0 aliphatic carbocycles. The maximum atomic E-state index is 13.3. The van der Waals surface area contributed by atoms with Crippen molar-refractivity contribution in [3.05, 3.63) is 59.3 Å². The van der Waals surface area contributed by atoms with Crippen molar-refractivity contribution in [3.63, 3.8) is 0 Å². The van der Waals surface area contributed by atoms with Gasteiger partial charge in [0.1, 0.15) is 11.2 Å². The molecule has 30 heavy (non-hydrogen) atoms. The molecule has 1 saturated heterocycles. The molecule has 1 aromatic heterocycles. The highest BCUT2D eigenvalue weighted by Gasteiger charge is 2.44. The number of aromatic nitrogens is 1. The second-order valence-corrected chi connectivity index (χ2v) is 8.29. The summed E-state index contributed by atoms with van der Waals surface area (Å²) < 4.78 is 10.5. The van der Waals surface area contributed by atoms with Crippen molar-refractivity contribution in [1.29, 1.82) is 0 Å². The normalized spacial score (nSPS) is 21.5. The van der Waals surface area contributed by atoms with E-state index < -0.39 is 5.41 Å². The fourth-order valence-electron chi connectivity index (χ4n) is 4.02. The van der Waals surface area contributed by atoms with Crippen LogP contribution in [0.2, 0.25) is 0 Å². The topological polar surface area (TPSA) is 75.7 Å². The minimum absolute atomic E-state index is 0.00637. The first-order chi connectivity index (χ1) is 14.6. The summed E-state index contributed by atoms with van der Waals surface area (Å²) >= 11 is 0. The Balaban J connectivity index is 1.57. The van der Waals surface area contributed by atoms with Crippen LogP contribution in [0.5, 0.6) is 0 Å². The third kappa shape index (κ3) is 4.48. The van der Waals surface area contributed by atoms with Crippen LogP contribution >= 0.6 is 0 Å². The van der Waals surface area contributed by atoms with Gasteiger partial charge in [-0.2, -0.15) is 0 Å². The smallest absolute Gasteiger partial charge is 0.233 e. The summed E-state index contributed by atoms with van der Waals surface area (Å²) in [6.07, 6.45) is 0. The maximum Gasteiger partial charge on any atom is 0.233 e. The number of fused-ring (bicyclic) bond motifs is 1. The molecular formula is C23H30N4O3. The first-order valence-electron chi connectivity index (χ1n) is 10.5. The predicted molar refractivity (Wildman–Crippen MR) is 115 cm³/mol. The van der Waals surface area contributed by atoms with Crippen LogP contribution in [0.3, 0.4) is 0 Å². The number of methoxy groups -OCH3 is 1. The Bertz CT molecular complexity index is 872. The highest BCUT2D eigenvalue weighted by molar-refractivity contribution is 5.88. The van der Waals surface area contributed by atoms with Crippen molar-refractivity contribution < 1.29 is 14.3 Å². The maximum absolute atomic E-state index is 13.3. The van der Waals surface area contributed by atoms with Gasteiger partial charge in [0.05, 0.1) is 31.6 Å². The molecule has 2 aromatic rings. The lowest BCUT2D eigenvalue weighted by Gasteiger charge is -2.41. The SMILES string of the molecule is COCCN1Cc2ccc(NCc3ccccc3)nc2C(C)(C(=O)NC2COC2)C1. The molecule has 1 amide bonds. The molecule has 3 heterocycles. The largest absolute Gasteiger partial charge is 0.383 e. The van der Waals surface area contributed by atoms with Gasteiger partial charge in [0.2, 0.25) is 5.91 Å². The van der Waals surface area contributed by atoms with E-state index in [0.29, 0.717) is 32.9 Å². The molecule has 2 aliphatic rings. The Kier molecular flexibility index (Phi) is 6.32. The zero-order valence-electron chi connectivity index (χ0n) is 17.7. The van der Waals surface area contributed by atoms with Crippen LogP contribution in [-0.4, -0.2) is 61.9 Å². The van der Waals surface area contributed by atoms with E-state index in [2.05, 4.69) is 33.7 Å². The van der Waals surface area contributed by atoms with Gasteiger partial charge < -0.3 is 20.1 Å². The summed E-state index contributed by atoms with van der Waals surface area (Å²) in [5.41, 5.74) is 2.40. The standard InChI is InChI=1S/C23H30N4O3/c1-23(22(28)25-19-14-30-15-19)16-27(10-11-29-2)13-18-8-9-20(26-21(18)23)24-12-17-6-4-3-5-7-17/h3-9,19H,10-16H2,1-2H3,(H,24,26)(H,25,28). The number of amides is 1. The van der Waals surface area contributed by atoms with Crippen LogP contribution in [-0.2, 0) is 32.8 Å². The number of hydrogen-bond acceptors (Lipinski definition) is 6. The number of benzene rings is 1. The van der Waals surface area contributed by atoms with Crippen molar-refractivity contribution in [1.82, 2.24) is 15.2 Å². The van der Waals surface area contributed by atoms with E-state index >= 15 is 0 Å². The number of pyridine rings is 1. The van der Waals surface area contributed by atoms with E-state index in [1.165, 1.54) is 5.56 Å². The fourth-order valence-corrected chi connectivity index (χ4v) is 4.02. The highest BCUT2D eigenvalue weighted by atomic mass is 16.5. The van der Waals surface area contributed by atoms with Gasteiger partial charge in [-0.3, -0.25) is 9.69 Å². The lowest BCUT2D eigenvalue weighted by atomic mass is 9.79. The summed E-state index contributed by atoms with van der Waals surface area (Å²) in [6, 6.07) is 14.4. The first kappa shape index (κ1) is 20.8. The number of hydrogen-bond donors (Lipinski definition) is 2. The van der Waals surface area contributed by atoms with Gasteiger partial charge >= 0.3 is 0 Å². The number of nitrogens with one attached hydrogen (secondary N) is 2. The van der Waals surface area contributed by atoms with Crippen molar-refractivity contribution in [2.45, 2.75) is 31.5 Å². The molecular weight excluding hydrogens is 380 g/mol. The second-order valence-electron chi connectivity index (χ2n) is 8.29. The number of carbonyl (C=O) groups excluding carboxylic acids is 1. The summed E-state index contributed by atoms with van der Waals surface area (Å²) in [5, 5.41) is 6.54. The molecule has 0 radical (unpaired) electrons. The van der Waals surface area contributed by atoms with E-state index in [1.807, 2.05) is 31.2 Å². The average molecular weight is 411 g/mol. The Morgan fingerprint density at radius 1 is 1.27 bits per heavy atom. The molecule has 1 aromatic carbocycles. The Labute approximate surface area is 177 Å². The summed E-state index contributed by atoms with van der Waals surface area (Å²) in [7, 11) is 1.70. The highest BCUT2D eigenvalue weighted by Crippen LogP contribution is 2.34. The molecule has 0 bridgehead atoms. The Hall–Kier alpha value is -2.48. The van der Waals surface area contributed by atoms with Crippen LogP contribution < -0.4 is 10.6 Å². The van der Waals surface area contributed by atoms with Gasteiger partial charge in [-0.15, -0.1) is 0 Å². The van der Waals surface area contributed by atoms with E-state index in [9.17, 15) is 4.79 Å². The molecule has 2 aliphatic heterocycles. The molecule has 1 atom stereocenters. The Morgan fingerprint density at radius 2 is 2.07 bits per heavy atom. The second kappa shape index (κ2) is 9.12. The number of nitrogens with zero attached hydrogens (tertiary/aromatic N) is 2. The molecule has 4 rings (SSSR count). The van der Waals surface area contributed by atoms with E-state index in [-0.39, 0.29) is 11.9 Å². The molecule has 7 heteroatoms.